The molecule has 1 aliphatic rings. The second kappa shape index (κ2) is 8.62. The van der Waals surface area contributed by atoms with Crippen molar-refractivity contribution in [2.45, 2.75) is 25.2 Å². The SMILES string of the molecule is O=C(NCC(c1ccsc1)N1CCc2ccccc2C1)c1ccc(C(F)(F)F)cc1. The van der Waals surface area contributed by atoms with Crippen LogP contribution < -0.4 is 5.32 Å². The topological polar surface area (TPSA) is 32.3 Å². The Morgan fingerprint density at radius 2 is 1.80 bits per heavy atom. The molecule has 0 saturated carbocycles. The van der Waals surface area contributed by atoms with E-state index in [0.29, 0.717) is 6.54 Å². The summed E-state index contributed by atoms with van der Waals surface area (Å²) in [7, 11) is 0. The molecule has 0 bridgehead atoms. The first-order valence-electron chi connectivity index (χ1n) is 9.70. The number of nitrogens with one attached hydrogen (secondary N) is 1. The van der Waals surface area contributed by atoms with E-state index in [1.165, 1.54) is 23.3 Å². The highest BCUT2D eigenvalue weighted by molar-refractivity contribution is 7.08. The van der Waals surface area contributed by atoms with Gasteiger partial charge < -0.3 is 5.32 Å². The minimum Gasteiger partial charge on any atom is -0.350 e. The predicted octanol–water partition coefficient (Wildman–Crippen LogP) is 5.30. The third-order valence-corrected chi connectivity index (χ3v) is 6.16. The molecule has 1 unspecified atom stereocenters. The van der Waals surface area contributed by atoms with Gasteiger partial charge in [-0.2, -0.15) is 24.5 Å². The number of carbonyl (C=O) groups is 1. The zero-order chi connectivity index (χ0) is 21.1. The van der Waals surface area contributed by atoms with Crippen LogP contribution in [0.3, 0.4) is 0 Å². The van der Waals surface area contributed by atoms with E-state index in [9.17, 15) is 18.0 Å². The van der Waals surface area contributed by atoms with Crippen LogP contribution in [0.25, 0.3) is 0 Å². The molecule has 0 saturated heterocycles. The molecule has 4 rings (SSSR count). The van der Waals surface area contributed by atoms with Crippen molar-refractivity contribution >= 4 is 17.2 Å². The first-order valence-corrected chi connectivity index (χ1v) is 10.6. The van der Waals surface area contributed by atoms with Gasteiger partial charge in [-0.15, -0.1) is 0 Å². The number of fused-ring (bicyclic) bond motifs is 1. The molecular weight excluding hydrogens is 409 g/mol. The van der Waals surface area contributed by atoms with E-state index < -0.39 is 11.7 Å². The fourth-order valence-electron chi connectivity index (χ4n) is 3.81. The molecule has 2 aromatic carbocycles. The number of thiophene rings is 1. The summed E-state index contributed by atoms with van der Waals surface area (Å²) in [5.74, 6) is -0.374. The lowest BCUT2D eigenvalue weighted by Gasteiger charge is -2.35. The van der Waals surface area contributed by atoms with Crippen LogP contribution in [0.4, 0.5) is 13.2 Å². The van der Waals surface area contributed by atoms with Gasteiger partial charge in [0, 0.05) is 25.2 Å². The third kappa shape index (κ3) is 4.57. The van der Waals surface area contributed by atoms with Gasteiger partial charge in [0.05, 0.1) is 11.6 Å². The fraction of sp³-hybridized carbons (Fsp3) is 0.261. The lowest BCUT2D eigenvalue weighted by Crippen LogP contribution is -2.40. The lowest BCUT2D eigenvalue weighted by molar-refractivity contribution is -0.137. The maximum atomic E-state index is 12.7. The van der Waals surface area contributed by atoms with Crippen LogP contribution in [-0.2, 0) is 19.1 Å². The van der Waals surface area contributed by atoms with E-state index in [1.807, 2.05) is 11.4 Å². The van der Waals surface area contributed by atoms with E-state index in [1.54, 1.807) is 11.3 Å². The third-order valence-electron chi connectivity index (χ3n) is 5.46. The fourth-order valence-corrected chi connectivity index (χ4v) is 4.52. The molecule has 7 heteroatoms. The van der Waals surface area contributed by atoms with Crippen LogP contribution in [-0.4, -0.2) is 23.9 Å². The maximum Gasteiger partial charge on any atom is 0.416 e. The quantitative estimate of drug-likeness (QED) is 0.596. The van der Waals surface area contributed by atoms with Crippen molar-refractivity contribution in [3.8, 4) is 0 Å². The van der Waals surface area contributed by atoms with Crippen molar-refractivity contribution in [3.63, 3.8) is 0 Å². The number of hydrogen-bond acceptors (Lipinski definition) is 3. The van der Waals surface area contributed by atoms with E-state index in [-0.39, 0.29) is 17.5 Å². The van der Waals surface area contributed by atoms with E-state index in [4.69, 9.17) is 0 Å². The lowest BCUT2D eigenvalue weighted by atomic mass is 9.97. The number of hydrogen-bond donors (Lipinski definition) is 1. The zero-order valence-electron chi connectivity index (χ0n) is 16.2. The Morgan fingerprint density at radius 1 is 1.07 bits per heavy atom. The minimum absolute atomic E-state index is 0.00278. The summed E-state index contributed by atoms with van der Waals surface area (Å²) in [6, 6.07) is 14.7. The highest BCUT2D eigenvalue weighted by atomic mass is 32.1. The number of rotatable bonds is 5. The molecule has 0 spiro atoms. The molecule has 1 atom stereocenters. The van der Waals surface area contributed by atoms with Gasteiger partial charge in [-0.3, -0.25) is 9.69 Å². The van der Waals surface area contributed by atoms with Crippen LogP contribution in [0.5, 0.6) is 0 Å². The number of nitrogens with zero attached hydrogens (tertiary/aromatic N) is 1. The number of alkyl halides is 3. The van der Waals surface area contributed by atoms with Gasteiger partial charge in [0.2, 0.25) is 0 Å². The normalized spacial score (nSPS) is 15.4. The summed E-state index contributed by atoms with van der Waals surface area (Å²) in [6.45, 7) is 2.07. The Morgan fingerprint density at radius 3 is 2.47 bits per heavy atom. The number of amides is 1. The van der Waals surface area contributed by atoms with Gasteiger partial charge in [-0.1, -0.05) is 24.3 Å². The average Bonchev–Trinajstić information content (AvgIpc) is 3.27. The minimum atomic E-state index is -4.41. The van der Waals surface area contributed by atoms with Gasteiger partial charge in [-0.25, -0.2) is 0 Å². The Balaban J connectivity index is 1.46. The zero-order valence-corrected chi connectivity index (χ0v) is 17.0. The molecule has 156 valence electrons. The molecule has 1 N–H and O–H groups in total. The van der Waals surface area contributed by atoms with Gasteiger partial charge >= 0.3 is 6.18 Å². The summed E-state index contributed by atoms with van der Waals surface area (Å²) >= 11 is 1.61. The highest BCUT2D eigenvalue weighted by Crippen LogP contribution is 2.30. The molecule has 1 amide bonds. The van der Waals surface area contributed by atoms with Gasteiger partial charge in [-0.05, 0) is 64.2 Å². The van der Waals surface area contributed by atoms with E-state index >= 15 is 0 Å². The molecule has 1 aromatic heterocycles. The second-order valence-electron chi connectivity index (χ2n) is 7.35. The molecule has 30 heavy (non-hydrogen) atoms. The standard InChI is InChI=1S/C23H21F3N2OS/c24-23(25,26)20-7-5-17(6-8-20)22(29)27-13-21(19-10-12-30-15-19)28-11-9-16-3-1-2-4-18(16)14-28/h1-8,10,12,15,21H,9,11,13-14H2,(H,27,29). The Kier molecular flexibility index (Phi) is 5.92. The van der Waals surface area contributed by atoms with Crippen LogP contribution >= 0.6 is 11.3 Å². The monoisotopic (exact) mass is 430 g/mol. The summed E-state index contributed by atoms with van der Waals surface area (Å²) in [6.07, 6.45) is -3.47. The number of carbonyl (C=O) groups excluding carboxylic acids is 1. The van der Waals surface area contributed by atoms with Gasteiger partial charge in [0.1, 0.15) is 0 Å². The van der Waals surface area contributed by atoms with E-state index in [2.05, 4.69) is 39.9 Å². The molecule has 3 aromatic rings. The molecule has 0 fully saturated rings. The smallest absolute Gasteiger partial charge is 0.350 e. The van der Waals surface area contributed by atoms with Crippen molar-refractivity contribution in [1.82, 2.24) is 10.2 Å². The van der Waals surface area contributed by atoms with Crippen LogP contribution in [0, 0.1) is 0 Å². The second-order valence-corrected chi connectivity index (χ2v) is 8.13. The maximum absolute atomic E-state index is 12.7. The molecule has 1 aliphatic heterocycles. The van der Waals surface area contributed by atoms with Crippen molar-refractivity contribution < 1.29 is 18.0 Å². The van der Waals surface area contributed by atoms with Crippen LogP contribution in [0.2, 0.25) is 0 Å². The predicted molar refractivity (Wildman–Crippen MR) is 111 cm³/mol. The largest absolute Gasteiger partial charge is 0.416 e. The summed E-state index contributed by atoms with van der Waals surface area (Å²) < 4.78 is 38.2. The summed E-state index contributed by atoms with van der Waals surface area (Å²) in [5.41, 5.74) is 3.23. The molecular formula is C23H21F3N2OS. The highest BCUT2D eigenvalue weighted by Gasteiger charge is 2.30. The summed E-state index contributed by atoms with van der Waals surface area (Å²) in [5, 5.41) is 7.00. The Labute approximate surface area is 177 Å². The number of halogens is 3. The van der Waals surface area contributed by atoms with Gasteiger partial charge in [0.15, 0.2) is 0 Å². The van der Waals surface area contributed by atoms with Crippen LogP contribution in [0.15, 0.2) is 65.4 Å². The van der Waals surface area contributed by atoms with Gasteiger partial charge in [0.25, 0.3) is 5.91 Å². The molecule has 0 aliphatic carbocycles. The van der Waals surface area contributed by atoms with Crippen molar-refractivity contribution in [1.29, 1.82) is 0 Å². The molecule has 0 radical (unpaired) electrons. The Bertz CT molecular complexity index is 1000. The molecule has 2 heterocycles. The number of benzene rings is 2. The first-order chi connectivity index (χ1) is 14.4. The van der Waals surface area contributed by atoms with Crippen molar-refractivity contribution in [2.75, 3.05) is 13.1 Å². The average molecular weight is 430 g/mol. The Hall–Kier alpha value is -2.64. The van der Waals surface area contributed by atoms with Crippen molar-refractivity contribution in [3.05, 3.63) is 93.2 Å². The molecule has 3 nitrogen and oxygen atoms in total. The first kappa shape index (κ1) is 20.6. The van der Waals surface area contributed by atoms with E-state index in [0.717, 1.165) is 37.2 Å². The summed E-state index contributed by atoms with van der Waals surface area (Å²) in [4.78, 5) is 14.9. The van der Waals surface area contributed by atoms with Crippen LogP contribution in [0.1, 0.15) is 38.7 Å². The van der Waals surface area contributed by atoms with Crippen molar-refractivity contribution in [2.24, 2.45) is 0 Å².